The molecule has 9 nitrogen and oxygen atoms in total. The Bertz CT molecular complexity index is 1310. The van der Waals surface area contributed by atoms with Crippen molar-refractivity contribution in [1.82, 2.24) is 30.3 Å². The average molecular weight is 520 g/mol. The van der Waals surface area contributed by atoms with Crippen molar-refractivity contribution in [2.75, 3.05) is 5.32 Å². The van der Waals surface area contributed by atoms with E-state index >= 15 is 4.39 Å². The van der Waals surface area contributed by atoms with E-state index in [4.69, 9.17) is 0 Å². The highest BCUT2D eigenvalue weighted by atomic mass is 19.1. The summed E-state index contributed by atoms with van der Waals surface area (Å²) >= 11 is 0. The molecule has 1 saturated carbocycles. The van der Waals surface area contributed by atoms with Crippen molar-refractivity contribution in [3.63, 3.8) is 0 Å². The number of carbonyl (C=O) groups excluding carboxylic acids is 2. The van der Waals surface area contributed by atoms with Gasteiger partial charge in [0.15, 0.2) is 5.82 Å². The van der Waals surface area contributed by atoms with Crippen molar-refractivity contribution in [2.24, 2.45) is 11.8 Å². The summed E-state index contributed by atoms with van der Waals surface area (Å²) < 4.78 is 16.6. The highest BCUT2D eigenvalue weighted by Gasteiger charge is 2.33. The van der Waals surface area contributed by atoms with Crippen LogP contribution in [0.3, 0.4) is 0 Å². The fourth-order valence-corrected chi connectivity index (χ4v) is 5.07. The van der Waals surface area contributed by atoms with Gasteiger partial charge < -0.3 is 10.6 Å². The molecule has 3 heterocycles. The average Bonchev–Trinajstić information content (AvgIpc) is 3.51. The summed E-state index contributed by atoms with van der Waals surface area (Å²) in [6.07, 6.45) is 9.71. The number of allylic oxidation sites excluding steroid dienone is 2. The minimum Gasteiger partial charge on any atom is -0.339 e. The monoisotopic (exact) mass is 519 g/mol. The van der Waals surface area contributed by atoms with Crippen molar-refractivity contribution < 1.29 is 14.0 Å². The first-order chi connectivity index (χ1) is 18.2. The fraction of sp³-hybridized carbons (Fsp3) is 0.393. The second kappa shape index (κ2) is 11.5. The second-order valence-electron chi connectivity index (χ2n) is 9.95. The first-order valence-corrected chi connectivity index (χ1v) is 12.8. The lowest BCUT2D eigenvalue weighted by atomic mass is 9.79. The van der Waals surface area contributed by atoms with E-state index in [9.17, 15) is 9.59 Å². The minimum absolute atomic E-state index is 0.0607. The summed E-state index contributed by atoms with van der Waals surface area (Å²) in [6, 6.07) is 1.64. The number of carbonyl (C=O) groups is 2. The van der Waals surface area contributed by atoms with Crippen molar-refractivity contribution in [1.29, 1.82) is 0 Å². The predicted octanol–water partition coefficient (Wildman–Crippen LogP) is 4.90. The zero-order chi connectivity index (χ0) is 27.4. The molecule has 0 radical (unpaired) electrons. The van der Waals surface area contributed by atoms with Crippen LogP contribution in [0.2, 0.25) is 0 Å². The maximum Gasteiger partial charge on any atom is 0.270 e. The molecule has 2 amide bonds. The first kappa shape index (κ1) is 27.0. The number of hydrogen-bond acceptors (Lipinski definition) is 5. The van der Waals surface area contributed by atoms with Gasteiger partial charge >= 0.3 is 0 Å². The number of hydrogen-bond donors (Lipinski definition) is 3. The third kappa shape index (κ3) is 5.58. The number of aryl methyl sites for hydroxylation is 2. The van der Waals surface area contributed by atoms with Crippen molar-refractivity contribution in [3.05, 3.63) is 72.7 Å². The van der Waals surface area contributed by atoms with Crippen molar-refractivity contribution >= 4 is 17.5 Å². The maximum atomic E-state index is 15.1. The summed E-state index contributed by atoms with van der Waals surface area (Å²) in [4.78, 5) is 31.1. The lowest BCUT2D eigenvalue weighted by molar-refractivity contribution is -0.119. The molecule has 200 valence electrons. The van der Waals surface area contributed by atoms with Gasteiger partial charge in [0, 0.05) is 23.5 Å². The van der Waals surface area contributed by atoms with Gasteiger partial charge in [0.05, 0.1) is 23.6 Å². The standard InChI is InChI=1S/C28H34FN7O2/c1-6-21(7-2)36-23(12-13-31-36)27(37)33-25(19-10-8-16(3)9-11-19)28(38)32-20-14-22(29)26(30-15-20)24-17(4)34-35-18(24)5/h6-7,12-16,19,21,25H,1-2,8-11H2,3-5H3,(H,32,38)(H,33,37)(H,34,35)/t16?,19?,25-/m0/s1. The molecule has 0 bridgehead atoms. The molecule has 0 unspecified atom stereocenters. The molecule has 38 heavy (non-hydrogen) atoms. The molecular weight excluding hydrogens is 485 g/mol. The summed E-state index contributed by atoms with van der Waals surface area (Å²) in [6.45, 7) is 13.3. The molecule has 1 fully saturated rings. The Balaban J connectivity index is 1.57. The molecule has 4 rings (SSSR count). The Hall–Kier alpha value is -4.08. The number of anilines is 1. The minimum atomic E-state index is -0.814. The summed E-state index contributed by atoms with van der Waals surface area (Å²) in [5.74, 6) is -0.924. The Morgan fingerprint density at radius 2 is 1.92 bits per heavy atom. The van der Waals surface area contributed by atoms with Crippen molar-refractivity contribution in [3.8, 4) is 11.3 Å². The van der Waals surface area contributed by atoms with E-state index in [1.807, 2.05) is 0 Å². The Kier molecular flexibility index (Phi) is 8.19. The molecule has 3 aromatic rings. The molecule has 0 aromatic carbocycles. The number of rotatable bonds is 9. The van der Waals surface area contributed by atoms with Gasteiger partial charge in [-0.3, -0.25) is 19.7 Å². The van der Waals surface area contributed by atoms with Gasteiger partial charge in [0.1, 0.15) is 17.4 Å². The van der Waals surface area contributed by atoms with Crippen LogP contribution in [-0.2, 0) is 4.79 Å². The number of halogens is 1. The smallest absolute Gasteiger partial charge is 0.270 e. The summed E-state index contributed by atoms with van der Waals surface area (Å²) in [5, 5.41) is 16.9. The number of aromatic amines is 1. The van der Waals surface area contributed by atoms with Gasteiger partial charge in [-0.1, -0.05) is 31.9 Å². The van der Waals surface area contributed by atoms with E-state index in [2.05, 4.69) is 51.0 Å². The number of nitrogens with one attached hydrogen (secondary N) is 3. The van der Waals surface area contributed by atoms with E-state index < -0.39 is 23.7 Å². The zero-order valence-corrected chi connectivity index (χ0v) is 22.0. The van der Waals surface area contributed by atoms with Gasteiger partial charge in [-0.15, -0.1) is 13.2 Å². The third-order valence-electron chi connectivity index (χ3n) is 7.24. The number of pyridine rings is 1. The zero-order valence-electron chi connectivity index (χ0n) is 22.0. The molecule has 1 aliphatic rings. The van der Waals surface area contributed by atoms with Gasteiger partial charge in [0.25, 0.3) is 5.91 Å². The first-order valence-electron chi connectivity index (χ1n) is 12.8. The molecule has 3 aromatic heterocycles. The molecule has 1 aliphatic carbocycles. The lowest BCUT2D eigenvalue weighted by Crippen LogP contribution is -2.49. The molecule has 0 saturated heterocycles. The molecule has 0 spiro atoms. The molecular formula is C28H34FN7O2. The second-order valence-corrected chi connectivity index (χ2v) is 9.95. The van der Waals surface area contributed by atoms with E-state index in [-0.39, 0.29) is 23.3 Å². The van der Waals surface area contributed by atoms with E-state index in [0.29, 0.717) is 28.6 Å². The quantitative estimate of drug-likeness (QED) is 0.348. The highest BCUT2D eigenvalue weighted by Crippen LogP contribution is 2.32. The van der Waals surface area contributed by atoms with Crippen LogP contribution in [-0.4, -0.2) is 42.8 Å². The van der Waals surface area contributed by atoms with Crippen LogP contribution in [0, 0.1) is 31.5 Å². The van der Waals surface area contributed by atoms with Crippen LogP contribution in [0.1, 0.15) is 60.5 Å². The Morgan fingerprint density at radius 3 is 2.53 bits per heavy atom. The Morgan fingerprint density at radius 1 is 1.21 bits per heavy atom. The topological polar surface area (TPSA) is 118 Å². The van der Waals surface area contributed by atoms with Crippen LogP contribution in [0.15, 0.2) is 49.8 Å². The van der Waals surface area contributed by atoms with Gasteiger partial charge in [-0.25, -0.2) is 9.07 Å². The van der Waals surface area contributed by atoms with Gasteiger partial charge in [0.2, 0.25) is 5.91 Å². The van der Waals surface area contributed by atoms with Crippen LogP contribution < -0.4 is 10.6 Å². The maximum absolute atomic E-state index is 15.1. The Labute approximate surface area is 221 Å². The van der Waals surface area contributed by atoms with E-state index in [1.165, 1.54) is 23.1 Å². The SMILES string of the molecule is C=CC(C=C)n1nccc1C(=O)N[C@H](C(=O)Nc1cnc(-c2c(C)n[nH]c2C)c(F)c1)C1CCC(C)CC1. The third-order valence-corrected chi connectivity index (χ3v) is 7.24. The van der Waals surface area contributed by atoms with Crippen LogP contribution >= 0.6 is 0 Å². The van der Waals surface area contributed by atoms with Crippen LogP contribution in [0.5, 0.6) is 0 Å². The molecule has 1 atom stereocenters. The molecule has 10 heteroatoms. The number of amides is 2. The van der Waals surface area contributed by atoms with Gasteiger partial charge in [-0.05, 0) is 44.6 Å². The normalized spacial score (nSPS) is 18.1. The van der Waals surface area contributed by atoms with E-state index in [0.717, 1.165) is 25.7 Å². The van der Waals surface area contributed by atoms with Gasteiger partial charge in [-0.2, -0.15) is 10.2 Å². The summed E-state index contributed by atoms with van der Waals surface area (Å²) in [5.41, 5.74) is 2.59. The predicted molar refractivity (Wildman–Crippen MR) is 144 cm³/mol. The van der Waals surface area contributed by atoms with Crippen LogP contribution in [0.25, 0.3) is 11.3 Å². The summed E-state index contributed by atoms with van der Waals surface area (Å²) in [7, 11) is 0. The molecule has 3 N–H and O–H groups in total. The largest absolute Gasteiger partial charge is 0.339 e. The van der Waals surface area contributed by atoms with Crippen molar-refractivity contribution in [2.45, 2.75) is 58.5 Å². The number of H-pyrrole nitrogens is 1. The highest BCUT2D eigenvalue weighted by molar-refractivity contribution is 6.00. The van der Waals surface area contributed by atoms with Crippen LogP contribution in [0.4, 0.5) is 10.1 Å². The number of aromatic nitrogens is 5. The lowest BCUT2D eigenvalue weighted by Gasteiger charge is -2.32. The van der Waals surface area contributed by atoms with E-state index in [1.54, 1.807) is 32.1 Å². The molecule has 0 aliphatic heterocycles. The fourth-order valence-electron chi connectivity index (χ4n) is 5.07. The number of nitrogens with zero attached hydrogens (tertiary/aromatic N) is 4.